The summed E-state index contributed by atoms with van der Waals surface area (Å²) in [6.07, 6.45) is 9.48. The zero-order valence-corrected chi connectivity index (χ0v) is 12.6. The molecule has 4 nitrogen and oxygen atoms in total. The van der Waals surface area contributed by atoms with Crippen molar-refractivity contribution in [1.82, 2.24) is 15.0 Å². The van der Waals surface area contributed by atoms with Crippen molar-refractivity contribution in [3.8, 4) is 0 Å². The number of rotatable bonds is 6. The molecule has 1 aromatic heterocycles. The first kappa shape index (κ1) is 15.2. The standard InChI is InChI=1S/C13H23N3OS/c1-5-6-7-8-9-13(2,3)11-10-14-15-16(11)12(17)18-4/h10H,5-9H2,1-4H3. The lowest BCUT2D eigenvalue weighted by Gasteiger charge is -2.24. The number of thioether (sulfide) groups is 1. The molecule has 0 amide bonds. The quantitative estimate of drug-likeness (QED) is 0.736. The highest BCUT2D eigenvalue weighted by atomic mass is 32.2. The second kappa shape index (κ2) is 6.92. The first-order valence-corrected chi connectivity index (χ1v) is 7.75. The summed E-state index contributed by atoms with van der Waals surface area (Å²) in [5, 5.41) is 7.71. The Morgan fingerprint density at radius 2 is 2.11 bits per heavy atom. The summed E-state index contributed by atoms with van der Waals surface area (Å²) in [5.74, 6) is 0. The lowest BCUT2D eigenvalue weighted by atomic mass is 9.84. The fraction of sp³-hybridized carbons (Fsp3) is 0.769. The van der Waals surface area contributed by atoms with Crippen LogP contribution in [0.5, 0.6) is 0 Å². The van der Waals surface area contributed by atoms with Crippen LogP contribution in [-0.2, 0) is 5.41 Å². The van der Waals surface area contributed by atoms with E-state index < -0.39 is 0 Å². The summed E-state index contributed by atoms with van der Waals surface area (Å²) >= 11 is 1.17. The van der Waals surface area contributed by atoms with Crippen LogP contribution in [0.25, 0.3) is 0 Å². The van der Waals surface area contributed by atoms with Gasteiger partial charge in [-0.15, -0.1) is 5.10 Å². The van der Waals surface area contributed by atoms with E-state index >= 15 is 0 Å². The van der Waals surface area contributed by atoms with Gasteiger partial charge in [0.25, 0.3) is 0 Å². The molecule has 0 atom stereocenters. The maximum Gasteiger partial charge on any atom is 0.307 e. The SMILES string of the molecule is CCCCCCC(C)(C)c1cnnn1C(=O)SC. The highest BCUT2D eigenvalue weighted by Crippen LogP contribution is 2.29. The predicted octanol–water partition coefficient (Wildman–Crippen LogP) is 3.86. The first-order valence-electron chi connectivity index (χ1n) is 6.52. The number of aromatic nitrogens is 3. The highest BCUT2D eigenvalue weighted by molar-refractivity contribution is 8.13. The van der Waals surface area contributed by atoms with E-state index in [9.17, 15) is 4.79 Å². The third-order valence-electron chi connectivity index (χ3n) is 3.25. The van der Waals surface area contributed by atoms with E-state index in [2.05, 4.69) is 31.1 Å². The summed E-state index contributed by atoms with van der Waals surface area (Å²) in [6.45, 7) is 6.52. The number of nitrogens with zero attached hydrogens (tertiary/aromatic N) is 3. The van der Waals surface area contributed by atoms with Crippen LogP contribution in [-0.4, -0.2) is 26.5 Å². The third kappa shape index (κ3) is 3.83. The van der Waals surface area contributed by atoms with E-state index in [0.717, 1.165) is 12.1 Å². The molecule has 0 bridgehead atoms. The molecule has 0 saturated carbocycles. The predicted molar refractivity (Wildman–Crippen MR) is 76.1 cm³/mol. The Morgan fingerprint density at radius 1 is 1.39 bits per heavy atom. The molecule has 5 heteroatoms. The average molecular weight is 269 g/mol. The average Bonchev–Trinajstić information content (AvgIpc) is 2.83. The highest BCUT2D eigenvalue weighted by Gasteiger charge is 2.27. The van der Waals surface area contributed by atoms with Gasteiger partial charge in [0.1, 0.15) is 0 Å². The second-order valence-electron chi connectivity index (χ2n) is 5.20. The summed E-state index contributed by atoms with van der Waals surface area (Å²) < 4.78 is 1.44. The smallest absolute Gasteiger partial charge is 0.259 e. The van der Waals surface area contributed by atoms with Gasteiger partial charge >= 0.3 is 5.24 Å². The van der Waals surface area contributed by atoms with Gasteiger partial charge in [-0.1, -0.05) is 63.4 Å². The molecule has 0 spiro atoms. The molecule has 0 radical (unpaired) electrons. The van der Waals surface area contributed by atoms with Crippen LogP contribution in [0, 0.1) is 0 Å². The summed E-state index contributed by atoms with van der Waals surface area (Å²) in [5.41, 5.74) is 0.862. The zero-order valence-electron chi connectivity index (χ0n) is 11.8. The molecule has 1 aromatic rings. The Balaban J connectivity index is 2.72. The zero-order chi connectivity index (χ0) is 13.6. The molecule has 0 aromatic carbocycles. The normalized spacial score (nSPS) is 11.8. The Bertz CT molecular complexity index is 387. The molecule has 1 heterocycles. The summed E-state index contributed by atoms with van der Waals surface area (Å²) in [6, 6.07) is 0. The molecule has 0 N–H and O–H groups in total. The Kier molecular flexibility index (Phi) is 5.85. The van der Waals surface area contributed by atoms with Gasteiger partial charge in [-0.05, 0) is 12.7 Å². The third-order valence-corrected chi connectivity index (χ3v) is 3.77. The van der Waals surface area contributed by atoms with Gasteiger partial charge in [-0.3, -0.25) is 4.79 Å². The van der Waals surface area contributed by atoms with Crippen LogP contribution in [0.3, 0.4) is 0 Å². The molecule has 0 fully saturated rings. The fourth-order valence-corrected chi connectivity index (χ4v) is 2.35. The molecule has 0 aliphatic heterocycles. The van der Waals surface area contributed by atoms with Crippen LogP contribution in [0.2, 0.25) is 0 Å². The molecule has 0 aliphatic rings. The van der Waals surface area contributed by atoms with Crippen LogP contribution in [0.15, 0.2) is 6.20 Å². The van der Waals surface area contributed by atoms with Crippen molar-refractivity contribution < 1.29 is 4.79 Å². The van der Waals surface area contributed by atoms with E-state index in [0.29, 0.717) is 0 Å². The maximum absolute atomic E-state index is 11.7. The Morgan fingerprint density at radius 3 is 2.72 bits per heavy atom. The lowest BCUT2D eigenvalue weighted by Crippen LogP contribution is -2.24. The molecule has 102 valence electrons. The number of hydrogen-bond donors (Lipinski definition) is 0. The van der Waals surface area contributed by atoms with Crippen molar-refractivity contribution in [1.29, 1.82) is 0 Å². The van der Waals surface area contributed by atoms with E-state index in [1.165, 1.54) is 42.1 Å². The molecule has 0 aliphatic carbocycles. The molecule has 18 heavy (non-hydrogen) atoms. The minimum Gasteiger partial charge on any atom is -0.259 e. The van der Waals surface area contributed by atoms with E-state index in [1.807, 2.05) is 0 Å². The minimum absolute atomic E-state index is 0.0529. The molecule has 1 rings (SSSR count). The van der Waals surface area contributed by atoms with Gasteiger partial charge < -0.3 is 0 Å². The Labute approximate surface area is 114 Å². The summed E-state index contributed by atoms with van der Waals surface area (Å²) in [4.78, 5) is 11.7. The van der Waals surface area contributed by atoms with Crippen molar-refractivity contribution >= 4 is 17.0 Å². The van der Waals surface area contributed by atoms with Crippen LogP contribution in [0.4, 0.5) is 4.79 Å². The second-order valence-corrected chi connectivity index (χ2v) is 5.95. The fourth-order valence-electron chi connectivity index (χ4n) is 2.04. The van der Waals surface area contributed by atoms with Crippen LogP contribution >= 0.6 is 11.8 Å². The maximum atomic E-state index is 11.7. The minimum atomic E-state index is -0.0656. The van der Waals surface area contributed by atoms with Gasteiger partial charge in [-0.25, -0.2) is 0 Å². The van der Waals surface area contributed by atoms with Gasteiger partial charge in [0, 0.05) is 5.41 Å². The van der Waals surface area contributed by atoms with Gasteiger partial charge in [-0.2, -0.15) is 4.68 Å². The van der Waals surface area contributed by atoms with Crippen molar-refractivity contribution in [2.24, 2.45) is 0 Å². The van der Waals surface area contributed by atoms with Crippen LogP contribution < -0.4 is 0 Å². The topological polar surface area (TPSA) is 47.8 Å². The van der Waals surface area contributed by atoms with Gasteiger partial charge in [0.2, 0.25) is 0 Å². The van der Waals surface area contributed by atoms with Crippen molar-refractivity contribution in [2.75, 3.05) is 6.26 Å². The van der Waals surface area contributed by atoms with Crippen LogP contribution in [0.1, 0.15) is 58.6 Å². The van der Waals surface area contributed by atoms with E-state index in [1.54, 1.807) is 12.5 Å². The lowest BCUT2D eigenvalue weighted by molar-refractivity contribution is 0.256. The van der Waals surface area contributed by atoms with Crippen molar-refractivity contribution in [2.45, 2.75) is 58.3 Å². The number of unbranched alkanes of at least 4 members (excludes halogenated alkanes) is 3. The molecule has 0 saturated heterocycles. The molecular formula is C13H23N3OS. The van der Waals surface area contributed by atoms with Crippen molar-refractivity contribution in [3.05, 3.63) is 11.9 Å². The van der Waals surface area contributed by atoms with E-state index in [4.69, 9.17) is 0 Å². The Hall–Kier alpha value is -0.840. The van der Waals surface area contributed by atoms with E-state index in [-0.39, 0.29) is 10.7 Å². The number of carbonyl (C=O) groups excluding carboxylic acids is 1. The number of hydrogen-bond acceptors (Lipinski definition) is 4. The number of carbonyl (C=O) groups is 1. The van der Waals surface area contributed by atoms with Gasteiger partial charge in [0.15, 0.2) is 0 Å². The molecular weight excluding hydrogens is 246 g/mol. The monoisotopic (exact) mass is 269 g/mol. The molecule has 0 unspecified atom stereocenters. The van der Waals surface area contributed by atoms with Crippen molar-refractivity contribution in [3.63, 3.8) is 0 Å². The summed E-state index contributed by atoms with van der Waals surface area (Å²) in [7, 11) is 0. The van der Waals surface area contributed by atoms with Gasteiger partial charge in [0.05, 0.1) is 11.9 Å². The first-order chi connectivity index (χ1) is 8.53. The largest absolute Gasteiger partial charge is 0.307 e.